The molecule has 1 aliphatic heterocycles. The van der Waals surface area contributed by atoms with Crippen LogP contribution in [-0.4, -0.2) is 71.7 Å². The van der Waals surface area contributed by atoms with E-state index < -0.39 is 20.9 Å². The first kappa shape index (κ1) is 26.6. The molecule has 194 valence electrons. The maximum Gasteiger partial charge on any atom is 0.269 e. The van der Waals surface area contributed by atoms with Gasteiger partial charge in [-0.25, -0.2) is 8.42 Å². The van der Waals surface area contributed by atoms with Crippen molar-refractivity contribution in [1.82, 2.24) is 14.5 Å². The lowest BCUT2D eigenvalue weighted by atomic mass is 10.2. The number of nitro benzene ring substituents is 1. The number of nitro groups is 1. The molecule has 13 nitrogen and oxygen atoms in total. The third-order valence-corrected chi connectivity index (χ3v) is 8.92. The van der Waals surface area contributed by atoms with Crippen molar-refractivity contribution in [1.29, 1.82) is 0 Å². The van der Waals surface area contributed by atoms with E-state index in [1.165, 1.54) is 52.8 Å². The molecule has 16 heteroatoms. The van der Waals surface area contributed by atoms with Gasteiger partial charge in [-0.2, -0.15) is 4.31 Å². The van der Waals surface area contributed by atoms with E-state index in [0.717, 1.165) is 23.1 Å². The van der Waals surface area contributed by atoms with Gasteiger partial charge in [0.05, 0.1) is 28.8 Å². The summed E-state index contributed by atoms with van der Waals surface area (Å²) >= 11 is 2.19. The molecule has 2 N–H and O–H groups in total. The summed E-state index contributed by atoms with van der Waals surface area (Å²) in [5, 5.41) is 24.0. The van der Waals surface area contributed by atoms with E-state index in [9.17, 15) is 28.1 Å². The van der Waals surface area contributed by atoms with Crippen LogP contribution < -0.4 is 10.6 Å². The van der Waals surface area contributed by atoms with E-state index in [2.05, 4.69) is 20.8 Å². The maximum atomic E-state index is 12.7. The van der Waals surface area contributed by atoms with Crippen LogP contribution >= 0.6 is 23.1 Å². The van der Waals surface area contributed by atoms with Gasteiger partial charge in [-0.05, 0) is 36.4 Å². The molecule has 0 spiro atoms. The van der Waals surface area contributed by atoms with E-state index >= 15 is 0 Å². The Labute approximate surface area is 219 Å². The quantitative estimate of drug-likeness (QED) is 0.170. The van der Waals surface area contributed by atoms with Crippen molar-refractivity contribution in [3.63, 3.8) is 0 Å². The van der Waals surface area contributed by atoms with E-state index in [-0.39, 0.29) is 46.0 Å². The molecule has 0 aliphatic carbocycles. The minimum absolute atomic E-state index is 0.0125. The minimum Gasteiger partial charge on any atom is -0.379 e. The summed E-state index contributed by atoms with van der Waals surface area (Å²) in [7, 11) is -3.66. The Balaban J connectivity index is 1.28. The van der Waals surface area contributed by atoms with Crippen LogP contribution in [0.4, 0.5) is 16.5 Å². The summed E-state index contributed by atoms with van der Waals surface area (Å²) in [4.78, 5) is 35.0. The molecule has 1 aromatic heterocycles. The maximum absolute atomic E-state index is 12.7. The number of amides is 2. The van der Waals surface area contributed by atoms with Crippen molar-refractivity contribution < 1.29 is 27.7 Å². The van der Waals surface area contributed by atoms with Crippen molar-refractivity contribution in [2.75, 3.05) is 42.7 Å². The number of morpholine rings is 1. The topological polar surface area (TPSA) is 174 Å². The second kappa shape index (κ2) is 11.7. The Kier molecular flexibility index (Phi) is 8.45. The predicted molar refractivity (Wildman–Crippen MR) is 136 cm³/mol. The summed E-state index contributed by atoms with van der Waals surface area (Å²) in [6, 6.07) is 11.0. The summed E-state index contributed by atoms with van der Waals surface area (Å²) in [5.41, 5.74) is 0.586. The van der Waals surface area contributed by atoms with E-state index in [4.69, 9.17) is 4.74 Å². The zero-order valence-corrected chi connectivity index (χ0v) is 21.5. The number of ether oxygens (including phenoxy) is 1. The number of sulfonamides is 1. The van der Waals surface area contributed by atoms with Gasteiger partial charge in [0, 0.05) is 36.5 Å². The smallest absolute Gasteiger partial charge is 0.269 e. The number of rotatable bonds is 9. The summed E-state index contributed by atoms with van der Waals surface area (Å²) in [6.45, 7) is 1.24. The van der Waals surface area contributed by atoms with Gasteiger partial charge in [0.25, 0.3) is 11.6 Å². The SMILES string of the molecule is O=C(CSc1nnc(NC(=O)c2ccc(S(=O)(=O)N3CCOCC3)cc2)s1)Nc1ccc([N+](=O)[O-])cc1. The highest BCUT2D eigenvalue weighted by molar-refractivity contribution is 8.01. The van der Waals surface area contributed by atoms with E-state index in [0.29, 0.717) is 23.2 Å². The molecule has 0 saturated carbocycles. The number of thioether (sulfide) groups is 1. The van der Waals surface area contributed by atoms with Crippen molar-refractivity contribution in [2.45, 2.75) is 9.24 Å². The number of non-ortho nitro benzene ring substituents is 1. The highest BCUT2D eigenvalue weighted by Gasteiger charge is 2.26. The first-order valence-electron chi connectivity index (χ1n) is 10.7. The lowest BCUT2D eigenvalue weighted by molar-refractivity contribution is -0.384. The molecule has 1 aliphatic rings. The van der Waals surface area contributed by atoms with Crippen LogP contribution in [0.3, 0.4) is 0 Å². The number of nitrogens with one attached hydrogen (secondary N) is 2. The number of carbonyl (C=O) groups is 2. The molecule has 37 heavy (non-hydrogen) atoms. The highest BCUT2D eigenvalue weighted by atomic mass is 32.2. The Hall–Kier alpha value is -3.44. The van der Waals surface area contributed by atoms with Gasteiger partial charge >= 0.3 is 0 Å². The number of hydrogen-bond donors (Lipinski definition) is 2. The zero-order chi connectivity index (χ0) is 26.4. The van der Waals surface area contributed by atoms with Crippen LogP contribution in [0, 0.1) is 10.1 Å². The van der Waals surface area contributed by atoms with Crippen LogP contribution in [0.15, 0.2) is 57.8 Å². The Morgan fingerprint density at radius 3 is 2.38 bits per heavy atom. The molecule has 1 fully saturated rings. The van der Waals surface area contributed by atoms with E-state index in [1.54, 1.807) is 0 Å². The Morgan fingerprint density at radius 1 is 1.05 bits per heavy atom. The van der Waals surface area contributed by atoms with Crippen LogP contribution in [0.25, 0.3) is 0 Å². The first-order valence-corrected chi connectivity index (χ1v) is 14.0. The van der Waals surface area contributed by atoms with E-state index in [1.807, 2.05) is 0 Å². The number of nitrogens with zero attached hydrogens (tertiary/aromatic N) is 4. The van der Waals surface area contributed by atoms with Crippen LogP contribution in [0.5, 0.6) is 0 Å². The van der Waals surface area contributed by atoms with Gasteiger partial charge in [0.1, 0.15) is 0 Å². The van der Waals surface area contributed by atoms with Crippen LogP contribution in [0.2, 0.25) is 0 Å². The highest BCUT2D eigenvalue weighted by Crippen LogP contribution is 2.26. The lowest BCUT2D eigenvalue weighted by Gasteiger charge is -2.26. The standard InChI is InChI=1S/C21H20N6O7S3/c28-18(22-15-3-5-16(6-4-15)27(30)31)13-35-21-25-24-20(36-21)23-19(29)14-1-7-17(8-2-14)37(32,33)26-9-11-34-12-10-26/h1-8H,9-13H2,(H,22,28)(H,23,24,29). The number of hydrogen-bond acceptors (Lipinski definition) is 11. The fraction of sp³-hybridized carbons (Fsp3) is 0.238. The summed E-state index contributed by atoms with van der Waals surface area (Å²) in [5.74, 6) is -0.816. The predicted octanol–water partition coefficient (Wildman–Crippen LogP) is 2.45. The zero-order valence-electron chi connectivity index (χ0n) is 19.0. The molecule has 0 radical (unpaired) electrons. The summed E-state index contributed by atoms with van der Waals surface area (Å²) in [6.07, 6.45) is 0. The van der Waals surface area contributed by atoms with Gasteiger partial charge in [0.15, 0.2) is 4.34 Å². The summed E-state index contributed by atoms with van der Waals surface area (Å²) < 4.78 is 32.4. The normalized spacial score (nSPS) is 14.2. The fourth-order valence-corrected chi connectivity index (χ4v) is 6.15. The van der Waals surface area contributed by atoms with Gasteiger partial charge in [-0.1, -0.05) is 23.1 Å². The molecule has 2 amide bonds. The largest absolute Gasteiger partial charge is 0.379 e. The van der Waals surface area contributed by atoms with Gasteiger partial charge in [-0.3, -0.25) is 25.0 Å². The van der Waals surface area contributed by atoms with Gasteiger partial charge in [-0.15, -0.1) is 10.2 Å². The molecule has 1 saturated heterocycles. The third-order valence-electron chi connectivity index (χ3n) is 5.04. The number of benzene rings is 2. The molecule has 2 aromatic carbocycles. The molecule has 0 bridgehead atoms. The van der Waals surface area contributed by atoms with Crippen molar-refractivity contribution >= 4 is 61.4 Å². The molecule has 0 unspecified atom stereocenters. The number of anilines is 2. The second-order valence-electron chi connectivity index (χ2n) is 7.51. The Bertz CT molecular complexity index is 1390. The second-order valence-corrected chi connectivity index (χ2v) is 11.6. The molecule has 2 heterocycles. The number of aromatic nitrogens is 2. The average Bonchev–Trinajstić information content (AvgIpc) is 3.35. The van der Waals surface area contributed by atoms with Gasteiger partial charge in [0.2, 0.25) is 21.1 Å². The van der Waals surface area contributed by atoms with Crippen molar-refractivity contribution in [2.24, 2.45) is 0 Å². The van der Waals surface area contributed by atoms with Gasteiger partial charge < -0.3 is 10.1 Å². The molecular formula is C21H20N6O7S3. The molecule has 3 aromatic rings. The third kappa shape index (κ3) is 6.86. The number of carbonyl (C=O) groups excluding carboxylic acids is 2. The molecule has 0 atom stereocenters. The fourth-order valence-electron chi connectivity index (χ4n) is 3.19. The monoisotopic (exact) mass is 564 g/mol. The lowest BCUT2D eigenvalue weighted by Crippen LogP contribution is -2.40. The van der Waals surface area contributed by atoms with Crippen LogP contribution in [-0.2, 0) is 19.6 Å². The molecular weight excluding hydrogens is 544 g/mol. The minimum atomic E-state index is -3.66. The van der Waals surface area contributed by atoms with Crippen LogP contribution in [0.1, 0.15) is 10.4 Å². The van der Waals surface area contributed by atoms with Crippen molar-refractivity contribution in [3.8, 4) is 0 Å². The molecule has 4 rings (SSSR count). The average molecular weight is 565 g/mol. The van der Waals surface area contributed by atoms with Crippen molar-refractivity contribution in [3.05, 3.63) is 64.2 Å². The first-order chi connectivity index (χ1) is 17.7. The Morgan fingerprint density at radius 2 is 1.73 bits per heavy atom.